The lowest BCUT2D eigenvalue weighted by atomic mass is 10.1. The molecule has 0 atom stereocenters. The van der Waals surface area contributed by atoms with E-state index in [0.717, 1.165) is 16.3 Å². The molecule has 8 heteroatoms. The number of benzene rings is 1. The van der Waals surface area contributed by atoms with Crippen LogP contribution in [0.15, 0.2) is 34.9 Å². The number of hydrogen-bond acceptors (Lipinski definition) is 6. The molecule has 0 saturated heterocycles. The lowest BCUT2D eigenvalue weighted by Gasteiger charge is -2.12. The molecule has 0 bridgehead atoms. The number of amides is 1. The number of nitrogens with one attached hydrogen (secondary N) is 1. The highest BCUT2D eigenvalue weighted by atomic mass is 16.2. The quantitative estimate of drug-likeness (QED) is 0.856. The van der Waals surface area contributed by atoms with Gasteiger partial charge in [-0.15, -0.1) is 5.10 Å². The van der Waals surface area contributed by atoms with E-state index in [1.165, 1.54) is 0 Å². The minimum Gasteiger partial charge on any atom is -0.378 e. The Morgan fingerprint density at radius 2 is 1.95 bits per heavy atom. The molecule has 0 aliphatic carbocycles. The summed E-state index contributed by atoms with van der Waals surface area (Å²) in [4.78, 5) is 14.4. The van der Waals surface area contributed by atoms with Gasteiger partial charge in [-0.1, -0.05) is 17.2 Å². The van der Waals surface area contributed by atoms with Crippen LogP contribution in [0.2, 0.25) is 0 Å². The topological polar surface area (TPSA) is 90.4 Å². The van der Waals surface area contributed by atoms with Crippen LogP contribution in [-0.2, 0) is 4.79 Å². The molecule has 2 aromatic rings. The van der Waals surface area contributed by atoms with Gasteiger partial charge in [0, 0.05) is 19.8 Å². The Balaban J connectivity index is 1.88. The third-order valence-electron chi connectivity index (χ3n) is 3.31. The van der Waals surface area contributed by atoms with Crippen molar-refractivity contribution < 1.29 is 4.79 Å². The smallest absolute Gasteiger partial charge is 0.293 e. The van der Waals surface area contributed by atoms with Gasteiger partial charge in [-0.25, -0.2) is 0 Å². The normalized spacial score (nSPS) is 16.3. The van der Waals surface area contributed by atoms with E-state index >= 15 is 0 Å². The first-order valence-corrected chi connectivity index (χ1v) is 6.69. The van der Waals surface area contributed by atoms with Gasteiger partial charge in [0.2, 0.25) is 0 Å². The van der Waals surface area contributed by atoms with Crippen LogP contribution in [0.1, 0.15) is 12.5 Å². The SMILES string of the molecule is CC1=NN(c2nn[nH]n2)C(=O)C1=Cc1ccc(N(C)C)cc1. The number of carbonyl (C=O) groups excluding carboxylic acids is 1. The van der Waals surface area contributed by atoms with Crippen LogP contribution in [0.25, 0.3) is 6.08 Å². The Hall–Kier alpha value is -3.03. The van der Waals surface area contributed by atoms with E-state index in [1.54, 1.807) is 13.0 Å². The van der Waals surface area contributed by atoms with Gasteiger partial charge in [0.15, 0.2) is 0 Å². The molecule has 1 amide bonds. The van der Waals surface area contributed by atoms with Crippen LogP contribution >= 0.6 is 0 Å². The van der Waals surface area contributed by atoms with Gasteiger partial charge in [-0.2, -0.15) is 15.3 Å². The second-order valence-corrected chi connectivity index (χ2v) is 5.06. The molecule has 0 fully saturated rings. The zero-order valence-electron chi connectivity index (χ0n) is 12.5. The zero-order chi connectivity index (χ0) is 15.7. The monoisotopic (exact) mass is 297 g/mol. The van der Waals surface area contributed by atoms with Gasteiger partial charge in [-0.3, -0.25) is 4.79 Å². The van der Waals surface area contributed by atoms with Crippen molar-refractivity contribution in [2.45, 2.75) is 6.92 Å². The van der Waals surface area contributed by atoms with Crippen LogP contribution in [0, 0.1) is 0 Å². The summed E-state index contributed by atoms with van der Waals surface area (Å²) in [5, 5.41) is 18.6. The van der Waals surface area contributed by atoms with E-state index in [-0.39, 0.29) is 11.9 Å². The fourth-order valence-electron chi connectivity index (χ4n) is 2.10. The molecule has 3 rings (SSSR count). The van der Waals surface area contributed by atoms with Crippen LogP contribution in [0.3, 0.4) is 0 Å². The fourth-order valence-corrected chi connectivity index (χ4v) is 2.10. The van der Waals surface area contributed by atoms with Gasteiger partial charge in [0.05, 0.1) is 11.3 Å². The molecule has 0 radical (unpaired) electrons. The molecule has 1 aromatic carbocycles. The first-order chi connectivity index (χ1) is 10.6. The van der Waals surface area contributed by atoms with Gasteiger partial charge >= 0.3 is 0 Å². The van der Waals surface area contributed by atoms with Crippen LogP contribution in [-0.4, -0.2) is 46.3 Å². The second-order valence-electron chi connectivity index (χ2n) is 5.06. The van der Waals surface area contributed by atoms with Crippen molar-refractivity contribution in [2.24, 2.45) is 5.10 Å². The average Bonchev–Trinajstić information content (AvgIpc) is 3.11. The summed E-state index contributed by atoms with van der Waals surface area (Å²) in [6.45, 7) is 1.78. The van der Waals surface area contributed by atoms with Crippen molar-refractivity contribution in [3.05, 3.63) is 35.4 Å². The summed E-state index contributed by atoms with van der Waals surface area (Å²) >= 11 is 0. The van der Waals surface area contributed by atoms with Crippen molar-refractivity contribution in [1.82, 2.24) is 20.6 Å². The first-order valence-electron chi connectivity index (χ1n) is 6.69. The van der Waals surface area contributed by atoms with Crippen LogP contribution < -0.4 is 9.91 Å². The molecule has 1 N–H and O–H groups in total. The molecular weight excluding hydrogens is 282 g/mol. The van der Waals surface area contributed by atoms with E-state index < -0.39 is 0 Å². The number of carbonyl (C=O) groups is 1. The first kappa shape index (κ1) is 13.9. The average molecular weight is 297 g/mol. The second kappa shape index (κ2) is 5.40. The summed E-state index contributed by atoms with van der Waals surface area (Å²) in [7, 11) is 3.96. The molecule has 0 spiro atoms. The summed E-state index contributed by atoms with van der Waals surface area (Å²) in [6.07, 6.45) is 1.81. The van der Waals surface area contributed by atoms with Gasteiger partial charge in [0.25, 0.3) is 11.9 Å². The zero-order valence-corrected chi connectivity index (χ0v) is 12.5. The third kappa shape index (κ3) is 2.46. The standard InChI is InChI=1S/C14H15N7O/c1-9-12(8-10-4-6-11(7-5-10)20(2)3)13(22)21(17-9)14-15-18-19-16-14/h4-8H,1-3H3,(H,15,16,18,19). The van der Waals surface area contributed by atoms with Crippen LogP contribution in [0.5, 0.6) is 0 Å². The van der Waals surface area contributed by atoms with E-state index in [2.05, 4.69) is 25.7 Å². The number of rotatable bonds is 3. The number of aromatic amines is 1. The molecule has 0 saturated carbocycles. The maximum Gasteiger partial charge on any atom is 0.293 e. The van der Waals surface area contributed by atoms with E-state index in [4.69, 9.17) is 0 Å². The van der Waals surface area contributed by atoms with Crippen molar-refractivity contribution >= 4 is 29.3 Å². The minimum atomic E-state index is -0.268. The highest BCUT2D eigenvalue weighted by molar-refractivity contribution is 6.31. The Morgan fingerprint density at radius 1 is 1.23 bits per heavy atom. The summed E-state index contributed by atoms with van der Waals surface area (Å²) < 4.78 is 0. The number of H-pyrrole nitrogens is 1. The van der Waals surface area contributed by atoms with E-state index in [0.29, 0.717) is 11.3 Å². The Morgan fingerprint density at radius 3 is 2.55 bits per heavy atom. The maximum absolute atomic E-state index is 12.4. The molecule has 22 heavy (non-hydrogen) atoms. The van der Waals surface area contributed by atoms with Gasteiger partial charge in [-0.05, 0) is 35.9 Å². The maximum atomic E-state index is 12.4. The van der Waals surface area contributed by atoms with Crippen LogP contribution in [0.4, 0.5) is 11.6 Å². The van der Waals surface area contributed by atoms with Crippen molar-refractivity contribution in [3.63, 3.8) is 0 Å². The number of aromatic nitrogens is 4. The fraction of sp³-hybridized carbons (Fsp3) is 0.214. The minimum absolute atomic E-state index is 0.135. The lowest BCUT2D eigenvalue weighted by Crippen LogP contribution is -2.22. The molecule has 1 aromatic heterocycles. The molecule has 8 nitrogen and oxygen atoms in total. The van der Waals surface area contributed by atoms with Crippen molar-refractivity contribution in [2.75, 3.05) is 24.0 Å². The molecule has 112 valence electrons. The highest BCUT2D eigenvalue weighted by Crippen LogP contribution is 2.22. The largest absolute Gasteiger partial charge is 0.378 e. The third-order valence-corrected chi connectivity index (χ3v) is 3.31. The molecule has 1 aliphatic rings. The lowest BCUT2D eigenvalue weighted by molar-refractivity contribution is -0.114. The number of tetrazole rings is 1. The number of nitrogens with zero attached hydrogens (tertiary/aromatic N) is 6. The summed E-state index contributed by atoms with van der Waals surface area (Å²) in [6, 6.07) is 7.91. The van der Waals surface area contributed by atoms with Gasteiger partial charge < -0.3 is 4.90 Å². The number of anilines is 2. The highest BCUT2D eigenvalue weighted by Gasteiger charge is 2.31. The molecular formula is C14H15N7O. The Bertz CT molecular complexity index is 744. The van der Waals surface area contributed by atoms with Gasteiger partial charge in [0.1, 0.15) is 0 Å². The summed E-state index contributed by atoms with van der Waals surface area (Å²) in [5.74, 6) is -0.133. The van der Waals surface area contributed by atoms with E-state index in [9.17, 15) is 4.79 Å². The van der Waals surface area contributed by atoms with E-state index in [1.807, 2.05) is 43.3 Å². The number of hydrogen-bond donors (Lipinski definition) is 1. The molecule has 0 unspecified atom stereocenters. The van der Waals surface area contributed by atoms with Crippen molar-refractivity contribution in [3.8, 4) is 0 Å². The molecule has 2 heterocycles. The Kier molecular flexibility index (Phi) is 3.42. The summed E-state index contributed by atoms with van der Waals surface area (Å²) in [5.41, 5.74) is 3.16. The predicted octanol–water partition coefficient (Wildman–Crippen LogP) is 1.07. The molecule has 1 aliphatic heterocycles. The number of hydrazone groups is 1. The van der Waals surface area contributed by atoms with Crippen molar-refractivity contribution in [1.29, 1.82) is 0 Å². The Labute approximate surface area is 127 Å². The predicted molar refractivity (Wildman–Crippen MR) is 83.5 cm³/mol.